The molecule has 0 bridgehead atoms. The average Bonchev–Trinajstić information content (AvgIpc) is 2.45. The van der Waals surface area contributed by atoms with Crippen LogP contribution in [0.3, 0.4) is 0 Å². The standard InChI is InChI=1S/C15H21BrN2O/c1-2-14-8-3-4-9-18(14)15(19)17-11-12-6-5-7-13(16)10-12/h5-7,10,14H,2-4,8-9,11H2,1H3,(H,17,19). The Hall–Kier alpha value is -1.03. The molecule has 2 rings (SSSR count). The Kier molecular flexibility index (Phi) is 5.25. The minimum atomic E-state index is 0.0755. The van der Waals surface area contributed by atoms with Crippen molar-refractivity contribution < 1.29 is 4.79 Å². The van der Waals surface area contributed by atoms with E-state index in [1.165, 1.54) is 6.42 Å². The fraction of sp³-hybridized carbons (Fsp3) is 0.533. The number of rotatable bonds is 3. The summed E-state index contributed by atoms with van der Waals surface area (Å²) in [6.07, 6.45) is 4.56. The van der Waals surface area contributed by atoms with Crippen LogP contribution in [0.5, 0.6) is 0 Å². The molecule has 0 aromatic heterocycles. The first-order valence-corrected chi connectivity index (χ1v) is 7.79. The molecule has 104 valence electrons. The number of carbonyl (C=O) groups is 1. The molecule has 0 aliphatic carbocycles. The van der Waals surface area contributed by atoms with Crippen LogP contribution < -0.4 is 5.32 Å². The summed E-state index contributed by atoms with van der Waals surface area (Å²) in [7, 11) is 0. The highest BCUT2D eigenvalue weighted by molar-refractivity contribution is 9.10. The average molecular weight is 325 g/mol. The number of nitrogens with one attached hydrogen (secondary N) is 1. The first kappa shape index (κ1) is 14.4. The van der Waals surface area contributed by atoms with Crippen LogP contribution in [0.4, 0.5) is 4.79 Å². The van der Waals surface area contributed by atoms with Crippen molar-refractivity contribution in [1.82, 2.24) is 10.2 Å². The summed E-state index contributed by atoms with van der Waals surface area (Å²) in [5.74, 6) is 0. The van der Waals surface area contributed by atoms with Crippen LogP contribution in [0.25, 0.3) is 0 Å². The molecule has 1 aliphatic rings. The van der Waals surface area contributed by atoms with Crippen molar-refractivity contribution in [2.75, 3.05) is 6.54 Å². The van der Waals surface area contributed by atoms with E-state index in [0.29, 0.717) is 12.6 Å². The van der Waals surface area contributed by atoms with Gasteiger partial charge in [0.2, 0.25) is 0 Å². The molecule has 1 aliphatic heterocycles. The number of urea groups is 1. The van der Waals surface area contributed by atoms with Gasteiger partial charge in [-0.2, -0.15) is 0 Å². The minimum absolute atomic E-state index is 0.0755. The SMILES string of the molecule is CCC1CCCCN1C(=O)NCc1cccc(Br)c1. The van der Waals surface area contributed by atoms with Gasteiger partial charge in [0.05, 0.1) is 0 Å². The number of benzene rings is 1. The highest BCUT2D eigenvalue weighted by Crippen LogP contribution is 2.19. The number of hydrogen-bond donors (Lipinski definition) is 1. The molecule has 1 saturated heterocycles. The molecule has 1 atom stereocenters. The number of nitrogens with zero attached hydrogens (tertiary/aromatic N) is 1. The molecule has 1 heterocycles. The Morgan fingerprint density at radius 1 is 1.47 bits per heavy atom. The van der Waals surface area contributed by atoms with Crippen LogP contribution in [0.2, 0.25) is 0 Å². The fourth-order valence-corrected chi connectivity index (χ4v) is 3.07. The number of amides is 2. The molecular formula is C15H21BrN2O. The van der Waals surface area contributed by atoms with Crippen molar-refractivity contribution in [3.63, 3.8) is 0 Å². The minimum Gasteiger partial charge on any atom is -0.334 e. The van der Waals surface area contributed by atoms with Gasteiger partial charge in [0.25, 0.3) is 0 Å². The van der Waals surface area contributed by atoms with Crippen molar-refractivity contribution in [2.45, 2.75) is 45.2 Å². The summed E-state index contributed by atoms with van der Waals surface area (Å²) in [4.78, 5) is 14.2. The van der Waals surface area contributed by atoms with Gasteiger partial charge >= 0.3 is 6.03 Å². The largest absolute Gasteiger partial charge is 0.334 e. The molecular weight excluding hydrogens is 304 g/mol. The van der Waals surface area contributed by atoms with Gasteiger partial charge in [-0.05, 0) is 43.4 Å². The second-order valence-corrected chi connectivity index (χ2v) is 5.96. The molecule has 0 saturated carbocycles. The molecule has 1 aromatic rings. The third-order valence-electron chi connectivity index (χ3n) is 3.69. The number of likely N-dealkylation sites (tertiary alicyclic amines) is 1. The van der Waals surface area contributed by atoms with E-state index >= 15 is 0 Å². The summed E-state index contributed by atoms with van der Waals surface area (Å²) in [6, 6.07) is 8.53. The Balaban J connectivity index is 1.89. The van der Waals surface area contributed by atoms with Gasteiger partial charge < -0.3 is 10.2 Å². The Morgan fingerprint density at radius 2 is 2.32 bits per heavy atom. The van der Waals surface area contributed by atoms with Crippen molar-refractivity contribution in [3.8, 4) is 0 Å². The zero-order valence-electron chi connectivity index (χ0n) is 11.4. The van der Waals surface area contributed by atoms with Crippen LogP contribution in [-0.4, -0.2) is 23.5 Å². The van der Waals surface area contributed by atoms with Crippen molar-refractivity contribution >= 4 is 22.0 Å². The second-order valence-electron chi connectivity index (χ2n) is 5.04. The fourth-order valence-electron chi connectivity index (χ4n) is 2.62. The molecule has 19 heavy (non-hydrogen) atoms. The van der Waals surface area contributed by atoms with E-state index in [0.717, 1.165) is 35.8 Å². The topological polar surface area (TPSA) is 32.3 Å². The van der Waals surface area contributed by atoms with E-state index in [1.54, 1.807) is 0 Å². The van der Waals surface area contributed by atoms with Crippen LogP contribution >= 0.6 is 15.9 Å². The molecule has 1 N–H and O–H groups in total. The molecule has 1 fully saturated rings. The first-order valence-electron chi connectivity index (χ1n) is 6.99. The highest BCUT2D eigenvalue weighted by Gasteiger charge is 2.24. The Bertz CT molecular complexity index is 436. The molecule has 0 spiro atoms. The van der Waals surface area contributed by atoms with E-state index in [4.69, 9.17) is 0 Å². The van der Waals surface area contributed by atoms with Gasteiger partial charge in [-0.15, -0.1) is 0 Å². The Morgan fingerprint density at radius 3 is 3.05 bits per heavy atom. The van der Waals surface area contributed by atoms with Crippen molar-refractivity contribution in [1.29, 1.82) is 0 Å². The molecule has 4 heteroatoms. The van der Waals surface area contributed by atoms with Crippen LogP contribution in [0.1, 0.15) is 38.2 Å². The van der Waals surface area contributed by atoms with E-state index in [1.807, 2.05) is 29.2 Å². The number of halogens is 1. The molecule has 1 aromatic carbocycles. The quantitative estimate of drug-likeness (QED) is 0.897. The lowest BCUT2D eigenvalue weighted by Crippen LogP contribution is -2.48. The maximum absolute atomic E-state index is 12.2. The zero-order chi connectivity index (χ0) is 13.7. The maximum atomic E-state index is 12.2. The predicted octanol–water partition coefficient (Wildman–Crippen LogP) is 3.92. The highest BCUT2D eigenvalue weighted by atomic mass is 79.9. The van der Waals surface area contributed by atoms with E-state index < -0.39 is 0 Å². The van der Waals surface area contributed by atoms with E-state index in [2.05, 4.69) is 28.2 Å². The lowest BCUT2D eigenvalue weighted by atomic mass is 10.0. The predicted molar refractivity (Wildman–Crippen MR) is 81.0 cm³/mol. The third kappa shape index (κ3) is 3.96. The van der Waals surface area contributed by atoms with Gasteiger partial charge in [-0.25, -0.2) is 4.79 Å². The molecule has 0 radical (unpaired) electrons. The van der Waals surface area contributed by atoms with E-state index in [-0.39, 0.29) is 6.03 Å². The van der Waals surface area contributed by atoms with Gasteiger partial charge in [0.15, 0.2) is 0 Å². The summed E-state index contributed by atoms with van der Waals surface area (Å²) >= 11 is 3.44. The number of piperidine rings is 1. The zero-order valence-corrected chi connectivity index (χ0v) is 12.9. The van der Waals surface area contributed by atoms with Crippen molar-refractivity contribution in [3.05, 3.63) is 34.3 Å². The third-order valence-corrected chi connectivity index (χ3v) is 4.19. The summed E-state index contributed by atoms with van der Waals surface area (Å²) in [6.45, 7) is 3.64. The lowest BCUT2D eigenvalue weighted by Gasteiger charge is -2.35. The monoisotopic (exact) mass is 324 g/mol. The normalized spacial score (nSPS) is 19.3. The summed E-state index contributed by atoms with van der Waals surface area (Å²) in [5.41, 5.74) is 1.12. The summed E-state index contributed by atoms with van der Waals surface area (Å²) < 4.78 is 1.05. The second kappa shape index (κ2) is 6.94. The Labute approximate surface area is 123 Å². The van der Waals surface area contributed by atoms with Gasteiger partial charge in [-0.1, -0.05) is 35.0 Å². The van der Waals surface area contributed by atoms with Gasteiger partial charge in [0, 0.05) is 23.6 Å². The van der Waals surface area contributed by atoms with Crippen molar-refractivity contribution in [2.24, 2.45) is 0 Å². The van der Waals surface area contributed by atoms with Crippen LogP contribution in [0, 0.1) is 0 Å². The first-order chi connectivity index (χ1) is 9.20. The maximum Gasteiger partial charge on any atom is 0.317 e. The lowest BCUT2D eigenvalue weighted by molar-refractivity contribution is 0.148. The molecule has 1 unspecified atom stereocenters. The van der Waals surface area contributed by atoms with Gasteiger partial charge in [0.1, 0.15) is 0 Å². The van der Waals surface area contributed by atoms with Gasteiger partial charge in [-0.3, -0.25) is 0 Å². The van der Waals surface area contributed by atoms with Crippen LogP contribution in [0.15, 0.2) is 28.7 Å². The van der Waals surface area contributed by atoms with Crippen LogP contribution in [-0.2, 0) is 6.54 Å². The van der Waals surface area contributed by atoms with E-state index in [9.17, 15) is 4.79 Å². The number of hydrogen-bond acceptors (Lipinski definition) is 1. The summed E-state index contributed by atoms with van der Waals surface area (Å²) in [5, 5.41) is 3.03. The molecule has 2 amide bonds. The smallest absolute Gasteiger partial charge is 0.317 e. The molecule has 3 nitrogen and oxygen atoms in total. The number of carbonyl (C=O) groups excluding carboxylic acids is 1.